The molecule has 2 aromatic carbocycles. The summed E-state index contributed by atoms with van der Waals surface area (Å²) < 4.78 is 5.49. The van der Waals surface area contributed by atoms with Crippen molar-refractivity contribution in [3.63, 3.8) is 0 Å². The lowest BCUT2D eigenvalue weighted by Crippen LogP contribution is -3.00. The molecule has 1 heterocycles. The predicted molar refractivity (Wildman–Crippen MR) is 89.5 cm³/mol. The molecule has 0 unspecified atom stereocenters. The van der Waals surface area contributed by atoms with Crippen LogP contribution in [0.25, 0.3) is 11.3 Å². The summed E-state index contributed by atoms with van der Waals surface area (Å²) in [6.45, 7) is 0. The number of aromatic nitrogens is 1. The SMILES string of the molecule is Nc1[nH+]c2c(s1)CCc1cc(OC(=O)c3ccccc3)ccc1-2.[I-]. The molecule has 0 atom stereocenters. The number of hydrogen-bond acceptors (Lipinski definition) is 4. The molecule has 0 radical (unpaired) electrons. The van der Waals surface area contributed by atoms with Crippen molar-refractivity contribution in [3.8, 4) is 17.0 Å². The zero-order valence-corrected chi connectivity index (χ0v) is 15.7. The third kappa shape index (κ3) is 3.16. The smallest absolute Gasteiger partial charge is 0.343 e. The normalized spacial score (nSPS) is 11.8. The topological polar surface area (TPSA) is 66.5 Å². The van der Waals surface area contributed by atoms with E-state index >= 15 is 0 Å². The highest BCUT2D eigenvalue weighted by atomic mass is 127. The van der Waals surface area contributed by atoms with Crippen LogP contribution in [0.3, 0.4) is 0 Å². The van der Waals surface area contributed by atoms with Gasteiger partial charge in [0, 0.05) is 5.56 Å². The van der Waals surface area contributed by atoms with Gasteiger partial charge in [-0.05, 0) is 48.7 Å². The van der Waals surface area contributed by atoms with Crippen molar-refractivity contribution in [3.05, 3.63) is 64.5 Å². The first-order valence-corrected chi connectivity index (χ1v) is 8.23. The number of thiazole rings is 1. The summed E-state index contributed by atoms with van der Waals surface area (Å²) in [4.78, 5) is 16.6. The van der Waals surface area contributed by atoms with Crippen LogP contribution in [0.1, 0.15) is 20.8 Å². The van der Waals surface area contributed by atoms with Crippen molar-refractivity contribution in [2.24, 2.45) is 0 Å². The molecule has 0 fully saturated rings. The van der Waals surface area contributed by atoms with Gasteiger partial charge >= 0.3 is 11.1 Å². The minimum absolute atomic E-state index is 0. The summed E-state index contributed by atoms with van der Waals surface area (Å²) in [5.74, 6) is 0.234. The van der Waals surface area contributed by atoms with E-state index in [0.29, 0.717) is 11.3 Å². The average Bonchev–Trinajstić information content (AvgIpc) is 2.96. The van der Waals surface area contributed by atoms with Crippen LogP contribution in [-0.4, -0.2) is 5.97 Å². The maximum Gasteiger partial charge on any atom is 0.343 e. The average molecular weight is 450 g/mol. The van der Waals surface area contributed by atoms with E-state index < -0.39 is 0 Å². The Hall–Kier alpha value is -1.93. The van der Waals surface area contributed by atoms with Crippen LogP contribution >= 0.6 is 11.3 Å². The van der Waals surface area contributed by atoms with Crippen LogP contribution in [0.4, 0.5) is 5.13 Å². The predicted octanol–water partition coefficient (Wildman–Crippen LogP) is 0.133. The molecule has 122 valence electrons. The van der Waals surface area contributed by atoms with Crippen LogP contribution in [0, 0.1) is 0 Å². The van der Waals surface area contributed by atoms with Gasteiger partial charge < -0.3 is 28.7 Å². The fourth-order valence-electron chi connectivity index (χ4n) is 2.87. The van der Waals surface area contributed by atoms with Gasteiger partial charge in [0.2, 0.25) is 0 Å². The van der Waals surface area contributed by atoms with Crippen LogP contribution in [0.15, 0.2) is 48.5 Å². The quantitative estimate of drug-likeness (QED) is 0.343. The second-order valence-corrected chi connectivity index (χ2v) is 6.60. The molecule has 6 heteroatoms. The molecule has 0 saturated heterocycles. The monoisotopic (exact) mass is 450 g/mol. The third-order valence-corrected chi connectivity index (χ3v) is 4.92. The van der Waals surface area contributed by atoms with E-state index in [0.717, 1.165) is 29.2 Å². The minimum Gasteiger partial charge on any atom is -1.00 e. The number of benzene rings is 2. The Bertz CT molecular complexity index is 893. The Morgan fingerprint density at radius 3 is 2.71 bits per heavy atom. The summed E-state index contributed by atoms with van der Waals surface area (Å²) in [5, 5.41) is 0.724. The van der Waals surface area contributed by atoms with Crippen molar-refractivity contribution in [1.29, 1.82) is 0 Å². The fraction of sp³-hybridized carbons (Fsp3) is 0.111. The zero-order chi connectivity index (χ0) is 15.8. The summed E-state index contributed by atoms with van der Waals surface area (Å²) >= 11 is 1.60. The van der Waals surface area contributed by atoms with E-state index in [1.165, 1.54) is 10.4 Å². The lowest BCUT2D eigenvalue weighted by molar-refractivity contribution is -0.341. The van der Waals surface area contributed by atoms with Crippen LogP contribution in [-0.2, 0) is 12.8 Å². The first kappa shape index (κ1) is 16.9. The second kappa shape index (κ2) is 6.90. The highest BCUT2D eigenvalue weighted by Crippen LogP contribution is 2.36. The van der Waals surface area contributed by atoms with Crippen LogP contribution in [0.2, 0.25) is 0 Å². The van der Waals surface area contributed by atoms with Gasteiger partial charge in [-0.15, -0.1) is 0 Å². The molecule has 3 aromatic rings. The summed E-state index contributed by atoms with van der Waals surface area (Å²) in [6, 6.07) is 14.8. The highest BCUT2D eigenvalue weighted by molar-refractivity contribution is 7.15. The molecular weight excluding hydrogens is 435 g/mol. The number of ether oxygens (including phenoxy) is 1. The number of H-pyrrole nitrogens is 1. The van der Waals surface area contributed by atoms with E-state index in [9.17, 15) is 4.79 Å². The molecule has 0 spiro atoms. The number of aryl methyl sites for hydroxylation is 2. The van der Waals surface area contributed by atoms with Gasteiger partial charge in [0.05, 0.1) is 10.4 Å². The number of halogens is 1. The minimum atomic E-state index is -0.339. The van der Waals surface area contributed by atoms with Crippen molar-refractivity contribution in [2.75, 3.05) is 5.73 Å². The Morgan fingerprint density at radius 2 is 1.92 bits per heavy atom. The Labute approximate surface area is 160 Å². The van der Waals surface area contributed by atoms with E-state index in [1.807, 2.05) is 36.4 Å². The first-order valence-electron chi connectivity index (χ1n) is 7.42. The molecule has 4 nitrogen and oxygen atoms in total. The number of esters is 1. The molecule has 0 saturated carbocycles. The number of aromatic amines is 1. The molecule has 0 amide bonds. The second-order valence-electron chi connectivity index (χ2n) is 5.46. The Balaban J connectivity index is 0.00000169. The van der Waals surface area contributed by atoms with Gasteiger partial charge in [-0.3, -0.25) is 5.73 Å². The number of hydrogen-bond donors (Lipinski definition) is 1. The summed E-state index contributed by atoms with van der Waals surface area (Å²) in [7, 11) is 0. The van der Waals surface area contributed by atoms with Gasteiger partial charge in [0.1, 0.15) is 11.4 Å². The standard InChI is InChI=1S/C18H14N2O2S.HI/c19-18-20-16-14-8-7-13(10-12(14)6-9-15(16)23-18)22-17(21)11-4-2-1-3-5-11;/h1-5,7-8,10H,6,9H2,(H2,19,20);1H. The first-order chi connectivity index (χ1) is 11.2. The molecule has 24 heavy (non-hydrogen) atoms. The molecule has 3 N–H and O–H groups in total. The molecule has 1 aliphatic carbocycles. The number of nitrogen functional groups attached to an aromatic ring is 1. The highest BCUT2D eigenvalue weighted by Gasteiger charge is 2.23. The van der Waals surface area contributed by atoms with Crippen molar-refractivity contribution >= 4 is 22.4 Å². The van der Waals surface area contributed by atoms with Gasteiger partial charge in [0.15, 0.2) is 0 Å². The molecule has 0 bridgehead atoms. The maximum atomic E-state index is 12.1. The Kier molecular flexibility index (Phi) is 4.86. The van der Waals surface area contributed by atoms with Crippen molar-refractivity contribution < 1.29 is 38.5 Å². The molecule has 4 rings (SSSR count). The summed E-state index contributed by atoms with van der Waals surface area (Å²) in [6.07, 6.45) is 1.88. The molecule has 1 aliphatic rings. The largest absolute Gasteiger partial charge is 1.00 e. The zero-order valence-electron chi connectivity index (χ0n) is 12.7. The van der Waals surface area contributed by atoms with E-state index in [-0.39, 0.29) is 29.9 Å². The number of nitrogens with two attached hydrogens (primary N) is 1. The third-order valence-electron chi connectivity index (χ3n) is 3.95. The molecule has 0 aliphatic heterocycles. The number of rotatable bonds is 2. The fourth-order valence-corrected chi connectivity index (χ4v) is 3.75. The number of anilines is 1. The van der Waals surface area contributed by atoms with E-state index in [2.05, 4.69) is 4.98 Å². The van der Waals surface area contributed by atoms with Crippen LogP contribution in [0.5, 0.6) is 5.75 Å². The number of fused-ring (bicyclic) bond motifs is 3. The van der Waals surface area contributed by atoms with Crippen LogP contribution < -0.4 is 39.4 Å². The lowest BCUT2D eigenvalue weighted by Gasteiger charge is -2.14. The number of nitrogens with one attached hydrogen (secondary N) is 1. The number of carbonyl (C=O) groups excluding carboxylic acids is 1. The van der Waals surface area contributed by atoms with Gasteiger partial charge in [-0.25, -0.2) is 9.78 Å². The van der Waals surface area contributed by atoms with Gasteiger partial charge in [-0.2, -0.15) is 0 Å². The number of carbonyl (C=O) groups is 1. The van der Waals surface area contributed by atoms with E-state index in [4.69, 9.17) is 10.5 Å². The maximum absolute atomic E-state index is 12.1. The van der Waals surface area contributed by atoms with Crippen molar-refractivity contribution in [2.45, 2.75) is 12.8 Å². The molecule has 1 aromatic heterocycles. The van der Waals surface area contributed by atoms with Gasteiger partial charge in [-0.1, -0.05) is 29.5 Å². The lowest BCUT2D eigenvalue weighted by atomic mass is 9.93. The van der Waals surface area contributed by atoms with Crippen molar-refractivity contribution in [1.82, 2.24) is 0 Å². The van der Waals surface area contributed by atoms with E-state index in [1.54, 1.807) is 23.5 Å². The summed E-state index contributed by atoms with van der Waals surface area (Å²) in [5.41, 5.74) is 9.82. The molecular formula is C18H15IN2O2S. The van der Waals surface area contributed by atoms with Gasteiger partial charge in [0.25, 0.3) is 0 Å². The Morgan fingerprint density at radius 1 is 1.12 bits per heavy atom.